The molecule has 3 aliphatic rings. The maximum atomic E-state index is 11.5. The molecule has 5 atom stereocenters. The van der Waals surface area contributed by atoms with Gasteiger partial charge in [0, 0.05) is 12.0 Å². The number of carbonyl (C=O) groups excluding carboxylic acids is 1. The van der Waals surface area contributed by atoms with E-state index in [1.54, 1.807) is 5.57 Å². The van der Waals surface area contributed by atoms with Gasteiger partial charge < -0.3 is 4.74 Å². The van der Waals surface area contributed by atoms with Gasteiger partial charge in [0.2, 0.25) is 0 Å². The van der Waals surface area contributed by atoms with E-state index in [4.69, 9.17) is 4.74 Å². The molecule has 1 saturated heterocycles. The average Bonchev–Trinajstić information content (AvgIpc) is 2.98. The molecule has 0 bridgehead atoms. The standard InChI is InChI=1S/C19H27IO2/c1-12(9-15-10-13(2)18(21)22-15)16-6-7-17-14(11-20)5-4-8-19(16,17)3/h11-12,15-17H,2,4-10H2,1,3H3/t12-,15+,16-,17?,19-/m1/s1. The van der Waals surface area contributed by atoms with Crippen molar-refractivity contribution in [2.24, 2.45) is 23.2 Å². The maximum absolute atomic E-state index is 11.5. The van der Waals surface area contributed by atoms with Crippen molar-refractivity contribution in [1.82, 2.24) is 0 Å². The summed E-state index contributed by atoms with van der Waals surface area (Å²) >= 11 is 2.43. The van der Waals surface area contributed by atoms with Crippen LogP contribution in [-0.2, 0) is 9.53 Å². The number of hydrogen-bond acceptors (Lipinski definition) is 2. The summed E-state index contributed by atoms with van der Waals surface area (Å²) in [6.07, 6.45) is 8.47. The molecule has 0 N–H and O–H groups in total. The van der Waals surface area contributed by atoms with Gasteiger partial charge in [0.15, 0.2) is 0 Å². The van der Waals surface area contributed by atoms with Crippen molar-refractivity contribution in [3.63, 3.8) is 0 Å². The summed E-state index contributed by atoms with van der Waals surface area (Å²) in [6, 6.07) is 0. The molecular formula is C19H27IO2. The fraction of sp³-hybridized carbons (Fsp3) is 0.737. The predicted molar refractivity (Wildman–Crippen MR) is 97.7 cm³/mol. The lowest BCUT2D eigenvalue weighted by molar-refractivity contribution is -0.139. The largest absolute Gasteiger partial charge is 0.459 e. The van der Waals surface area contributed by atoms with Gasteiger partial charge in [-0.25, -0.2) is 4.79 Å². The molecule has 1 aliphatic heterocycles. The Labute approximate surface area is 147 Å². The molecule has 0 amide bonds. The number of cyclic esters (lactones) is 1. The van der Waals surface area contributed by atoms with Crippen LogP contribution in [0.4, 0.5) is 0 Å². The third kappa shape index (κ3) is 2.78. The normalized spacial score (nSPS) is 41.6. The van der Waals surface area contributed by atoms with Crippen LogP contribution < -0.4 is 0 Å². The smallest absolute Gasteiger partial charge is 0.333 e. The molecule has 0 aromatic rings. The van der Waals surface area contributed by atoms with Gasteiger partial charge in [-0.3, -0.25) is 0 Å². The van der Waals surface area contributed by atoms with E-state index in [0.29, 0.717) is 16.9 Å². The molecule has 122 valence electrons. The Kier molecular flexibility index (Phi) is 4.73. The Morgan fingerprint density at radius 1 is 1.50 bits per heavy atom. The fourth-order valence-corrected chi connectivity index (χ4v) is 6.24. The third-order valence-electron chi connectivity index (χ3n) is 6.54. The van der Waals surface area contributed by atoms with Gasteiger partial charge in [-0.2, -0.15) is 0 Å². The zero-order chi connectivity index (χ0) is 15.9. The highest BCUT2D eigenvalue weighted by atomic mass is 127. The van der Waals surface area contributed by atoms with E-state index in [0.717, 1.165) is 24.7 Å². The molecule has 22 heavy (non-hydrogen) atoms. The summed E-state index contributed by atoms with van der Waals surface area (Å²) in [6.45, 7) is 8.70. The monoisotopic (exact) mass is 414 g/mol. The lowest BCUT2D eigenvalue weighted by atomic mass is 9.61. The van der Waals surface area contributed by atoms with E-state index in [1.165, 1.54) is 32.1 Å². The summed E-state index contributed by atoms with van der Waals surface area (Å²) < 4.78 is 7.81. The molecule has 3 fully saturated rings. The van der Waals surface area contributed by atoms with Gasteiger partial charge in [0.1, 0.15) is 6.10 Å². The SMILES string of the molecule is C=C1C[C@H](C[C@@H](C)[C@H]2CCC3C(=CI)CCC[C@@]32C)OC1=O. The van der Waals surface area contributed by atoms with E-state index in [2.05, 4.69) is 47.1 Å². The Bertz CT molecular complexity index is 494. The highest BCUT2D eigenvalue weighted by Gasteiger charge is 2.51. The summed E-state index contributed by atoms with van der Waals surface area (Å²) in [5, 5.41) is 0. The van der Waals surface area contributed by atoms with Crippen LogP contribution in [0, 0.1) is 23.2 Å². The molecule has 2 nitrogen and oxygen atoms in total. The van der Waals surface area contributed by atoms with Crippen LogP contribution in [0.25, 0.3) is 0 Å². The molecule has 0 spiro atoms. The van der Waals surface area contributed by atoms with Crippen LogP contribution in [-0.4, -0.2) is 12.1 Å². The third-order valence-corrected chi connectivity index (χ3v) is 7.34. The lowest BCUT2D eigenvalue weighted by Gasteiger charge is -2.44. The molecule has 2 aliphatic carbocycles. The predicted octanol–water partition coefficient (Wildman–Crippen LogP) is 5.42. The van der Waals surface area contributed by atoms with Crippen molar-refractivity contribution < 1.29 is 9.53 Å². The number of halogens is 1. The molecule has 3 heteroatoms. The van der Waals surface area contributed by atoms with Crippen molar-refractivity contribution in [1.29, 1.82) is 0 Å². The van der Waals surface area contributed by atoms with E-state index < -0.39 is 0 Å². The summed E-state index contributed by atoms with van der Waals surface area (Å²) in [4.78, 5) is 11.5. The van der Waals surface area contributed by atoms with Crippen LogP contribution in [0.15, 0.2) is 21.8 Å². The number of ether oxygens (including phenoxy) is 1. The van der Waals surface area contributed by atoms with Crippen molar-refractivity contribution in [3.8, 4) is 0 Å². The summed E-state index contributed by atoms with van der Waals surface area (Å²) in [7, 11) is 0. The van der Waals surface area contributed by atoms with Crippen molar-refractivity contribution in [2.75, 3.05) is 0 Å². The topological polar surface area (TPSA) is 26.3 Å². The molecule has 0 radical (unpaired) electrons. The van der Waals surface area contributed by atoms with Gasteiger partial charge in [0.25, 0.3) is 0 Å². The van der Waals surface area contributed by atoms with Crippen LogP contribution in [0.3, 0.4) is 0 Å². The number of fused-ring (bicyclic) bond motifs is 1. The van der Waals surface area contributed by atoms with Crippen molar-refractivity contribution in [2.45, 2.75) is 64.9 Å². The van der Waals surface area contributed by atoms with Crippen molar-refractivity contribution in [3.05, 3.63) is 21.8 Å². The van der Waals surface area contributed by atoms with Crippen LogP contribution in [0.1, 0.15) is 58.8 Å². The van der Waals surface area contributed by atoms with E-state index in [9.17, 15) is 4.79 Å². The summed E-state index contributed by atoms with van der Waals surface area (Å²) in [5.41, 5.74) is 2.79. The Balaban J connectivity index is 1.69. The number of esters is 1. The van der Waals surface area contributed by atoms with E-state index in [1.807, 2.05) is 0 Å². The van der Waals surface area contributed by atoms with Gasteiger partial charge in [0.05, 0.1) is 0 Å². The lowest BCUT2D eigenvalue weighted by Crippen LogP contribution is -2.36. The molecule has 0 aromatic heterocycles. The molecule has 2 saturated carbocycles. The van der Waals surface area contributed by atoms with E-state index >= 15 is 0 Å². The zero-order valence-electron chi connectivity index (χ0n) is 13.7. The van der Waals surface area contributed by atoms with Gasteiger partial charge >= 0.3 is 5.97 Å². The number of carbonyl (C=O) groups is 1. The molecule has 3 rings (SSSR count). The van der Waals surface area contributed by atoms with E-state index in [-0.39, 0.29) is 12.1 Å². The van der Waals surface area contributed by atoms with Crippen LogP contribution in [0.5, 0.6) is 0 Å². The fourth-order valence-electron chi connectivity index (χ4n) is 5.49. The quantitative estimate of drug-likeness (QED) is 0.350. The number of allylic oxidation sites excluding steroid dienone is 1. The highest BCUT2D eigenvalue weighted by Crippen LogP contribution is 2.60. The van der Waals surface area contributed by atoms with Gasteiger partial charge in [-0.1, -0.05) is 48.6 Å². The number of rotatable bonds is 3. The first-order valence-electron chi connectivity index (χ1n) is 8.63. The number of hydrogen-bond donors (Lipinski definition) is 0. The molecular weight excluding hydrogens is 387 g/mol. The Hall–Kier alpha value is -0.320. The maximum Gasteiger partial charge on any atom is 0.333 e. The van der Waals surface area contributed by atoms with Crippen molar-refractivity contribution >= 4 is 28.6 Å². The molecule has 0 aromatic carbocycles. The summed E-state index contributed by atoms with van der Waals surface area (Å²) in [5.74, 6) is 1.98. The first-order valence-corrected chi connectivity index (χ1v) is 9.88. The van der Waals surface area contributed by atoms with Crippen LogP contribution >= 0.6 is 22.6 Å². The molecule has 1 unspecified atom stereocenters. The second-order valence-corrected chi connectivity index (χ2v) is 8.45. The average molecular weight is 414 g/mol. The second kappa shape index (κ2) is 6.29. The first-order chi connectivity index (χ1) is 10.5. The Morgan fingerprint density at radius 3 is 2.91 bits per heavy atom. The Morgan fingerprint density at radius 2 is 2.27 bits per heavy atom. The zero-order valence-corrected chi connectivity index (χ0v) is 15.9. The second-order valence-electron chi connectivity index (χ2n) is 7.83. The minimum absolute atomic E-state index is 0.0702. The van der Waals surface area contributed by atoms with Gasteiger partial charge in [-0.05, 0) is 65.8 Å². The minimum atomic E-state index is -0.180. The first kappa shape index (κ1) is 16.5. The highest BCUT2D eigenvalue weighted by molar-refractivity contribution is 14.1. The molecule has 1 heterocycles. The van der Waals surface area contributed by atoms with Crippen LogP contribution in [0.2, 0.25) is 0 Å². The van der Waals surface area contributed by atoms with Gasteiger partial charge in [-0.15, -0.1) is 0 Å². The minimum Gasteiger partial charge on any atom is -0.459 e.